The summed E-state index contributed by atoms with van der Waals surface area (Å²) in [4.78, 5) is 33.6. The number of non-ortho nitro benzene ring substituents is 1. The van der Waals surface area contributed by atoms with Gasteiger partial charge in [0.05, 0.1) is 10.5 Å². The van der Waals surface area contributed by atoms with E-state index in [0.717, 1.165) is 0 Å². The number of rotatable bonds is 4. The van der Waals surface area contributed by atoms with Crippen molar-refractivity contribution in [1.82, 2.24) is 5.32 Å². The summed E-state index contributed by atoms with van der Waals surface area (Å²) in [7, 11) is 0. The standard InChI is InChI=1S/C16H20N2O6/c1-16(2,3)24-15(20)17-11-8-13(9-11)23-14(19)10-4-6-12(7-5-10)18(21)22/h4-7,11,13H,8-9H2,1-3H3,(H,17,20). The molecule has 1 amide bonds. The van der Waals surface area contributed by atoms with Gasteiger partial charge in [-0.2, -0.15) is 0 Å². The zero-order valence-electron chi connectivity index (χ0n) is 13.8. The van der Waals surface area contributed by atoms with Crippen molar-refractivity contribution >= 4 is 17.7 Å². The van der Waals surface area contributed by atoms with Crippen molar-refractivity contribution in [2.24, 2.45) is 0 Å². The van der Waals surface area contributed by atoms with Crippen molar-refractivity contribution in [2.75, 3.05) is 0 Å². The van der Waals surface area contributed by atoms with Gasteiger partial charge in [-0.3, -0.25) is 10.1 Å². The van der Waals surface area contributed by atoms with Crippen LogP contribution in [-0.4, -0.2) is 34.7 Å². The van der Waals surface area contributed by atoms with Gasteiger partial charge in [0, 0.05) is 31.0 Å². The molecule has 8 heteroatoms. The minimum absolute atomic E-state index is 0.0863. The van der Waals surface area contributed by atoms with E-state index in [9.17, 15) is 19.7 Å². The molecule has 0 unspecified atom stereocenters. The SMILES string of the molecule is CC(C)(C)OC(=O)NC1CC(OC(=O)c2ccc([N+](=O)[O-])cc2)C1. The molecule has 0 radical (unpaired) electrons. The number of carbonyl (C=O) groups is 2. The van der Waals surface area contributed by atoms with E-state index >= 15 is 0 Å². The Morgan fingerprint density at radius 2 is 1.79 bits per heavy atom. The minimum Gasteiger partial charge on any atom is -0.459 e. The Kier molecular flexibility index (Phi) is 5.06. The van der Waals surface area contributed by atoms with Gasteiger partial charge in [-0.05, 0) is 32.9 Å². The molecule has 130 valence electrons. The van der Waals surface area contributed by atoms with Crippen LogP contribution in [0.5, 0.6) is 0 Å². The fourth-order valence-corrected chi connectivity index (χ4v) is 2.19. The van der Waals surface area contributed by atoms with E-state index in [0.29, 0.717) is 12.8 Å². The monoisotopic (exact) mass is 336 g/mol. The molecule has 2 rings (SSSR count). The molecule has 1 aliphatic carbocycles. The Balaban J connectivity index is 1.75. The van der Waals surface area contributed by atoms with Gasteiger partial charge in [0.15, 0.2) is 0 Å². The summed E-state index contributed by atoms with van der Waals surface area (Å²) in [6.07, 6.45) is 0.246. The molecule has 1 fully saturated rings. The fraction of sp³-hybridized carbons (Fsp3) is 0.500. The first-order valence-corrected chi connectivity index (χ1v) is 7.59. The van der Waals surface area contributed by atoms with E-state index in [1.165, 1.54) is 24.3 Å². The van der Waals surface area contributed by atoms with Gasteiger partial charge >= 0.3 is 12.1 Å². The quantitative estimate of drug-likeness (QED) is 0.514. The molecule has 8 nitrogen and oxygen atoms in total. The van der Waals surface area contributed by atoms with E-state index in [-0.39, 0.29) is 23.4 Å². The van der Waals surface area contributed by atoms with E-state index < -0.39 is 22.6 Å². The van der Waals surface area contributed by atoms with Gasteiger partial charge in [-0.15, -0.1) is 0 Å². The van der Waals surface area contributed by atoms with E-state index in [1.807, 2.05) is 0 Å². The molecule has 0 bridgehead atoms. The smallest absolute Gasteiger partial charge is 0.407 e. The molecule has 0 aromatic heterocycles. The highest BCUT2D eigenvalue weighted by Gasteiger charge is 2.34. The first-order chi connectivity index (χ1) is 11.1. The highest BCUT2D eigenvalue weighted by Crippen LogP contribution is 2.25. The zero-order valence-corrected chi connectivity index (χ0v) is 13.8. The lowest BCUT2D eigenvalue weighted by Crippen LogP contribution is -2.49. The van der Waals surface area contributed by atoms with Crippen LogP contribution >= 0.6 is 0 Å². The summed E-state index contributed by atoms with van der Waals surface area (Å²) >= 11 is 0. The van der Waals surface area contributed by atoms with Gasteiger partial charge in [-0.25, -0.2) is 9.59 Å². The van der Waals surface area contributed by atoms with Crippen LogP contribution in [0.15, 0.2) is 24.3 Å². The maximum Gasteiger partial charge on any atom is 0.407 e. The molecule has 0 saturated heterocycles. The van der Waals surface area contributed by atoms with Crippen LogP contribution in [0.3, 0.4) is 0 Å². The number of nitrogens with one attached hydrogen (secondary N) is 1. The first-order valence-electron chi connectivity index (χ1n) is 7.59. The van der Waals surface area contributed by atoms with Crippen LogP contribution in [0.1, 0.15) is 44.0 Å². The molecule has 0 aliphatic heterocycles. The number of benzene rings is 1. The van der Waals surface area contributed by atoms with Crippen molar-refractivity contribution < 1.29 is 24.0 Å². The van der Waals surface area contributed by atoms with E-state index in [4.69, 9.17) is 9.47 Å². The number of alkyl carbamates (subject to hydrolysis) is 1. The molecule has 24 heavy (non-hydrogen) atoms. The number of hydrogen-bond donors (Lipinski definition) is 1. The summed E-state index contributed by atoms with van der Waals surface area (Å²) in [5.74, 6) is -0.536. The third kappa shape index (κ3) is 4.94. The molecule has 1 aromatic rings. The molecule has 1 aliphatic rings. The van der Waals surface area contributed by atoms with Crippen LogP contribution in [0.4, 0.5) is 10.5 Å². The molecule has 1 N–H and O–H groups in total. The number of nitro benzene ring substituents is 1. The topological polar surface area (TPSA) is 108 Å². The Morgan fingerprint density at radius 3 is 2.29 bits per heavy atom. The maximum atomic E-state index is 11.9. The molecule has 1 saturated carbocycles. The van der Waals surface area contributed by atoms with Crippen LogP contribution in [0.2, 0.25) is 0 Å². The predicted molar refractivity (Wildman–Crippen MR) is 84.7 cm³/mol. The third-order valence-corrected chi connectivity index (χ3v) is 3.40. The third-order valence-electron chi connectivity index (χ3n) is 3.40. The van der Waals surface area contributed by atoms with Crippen molar-refractivity contribution in [3.63, 3.8) is 0 Å². The number of carbonyl (C=O) groups excluding carboxylic acids is 2. The lowest BCUT2D eigenvalue weighted by molar-refractivity contribution is -0.384. The molecule has 0 heterocycles. The lowest BCUT2D eigenvalue weighted by Gasteiger charge is -2.35. The Bertz CT molecular complexity index is 629. The van der Waals surface area contributed by atoms with Gasteiger partial charge in [0.1, 0.15) is 11.7 Å². The number of hydrogen-bond acceptors (Lipinski definition) is 6. The van der Waals surface area contributed by atoms with Crippen molar-refractivity contribution in [3.8, 4) is 0 Å². The van der Waals surface area contributed by atoms with Crippen molar-refractivity contribution in [3.05, 3.63) is 39.9 Å². The Morgan fingerprint density at radius 1 is 1.21 bits per heavy atom. The maximum absolute atomic E-state index is 11.9. The number of esters is 1. The molecule has 1 aromatic carbocycles. The summed E-state index contributed by atoms with van der Waals surface area (Å²) in [5, 5.41) is 13.3. The normalized spacial score (nSPS) is 19.8. The summed E-state index contributed by atoms with van der Waals surface area (Å²) < 4.78 is 10.4. The molecular formula is C16H20N2O6. The van der Waals surface area contributed by atoms with E-state index in [2.05, 4.69) is 5.32 Å². The van der Waals surface area contributed by atoms with Crippen LogP contribution < -0.4 is 5.32 Å². The zero-order chi connectivity index (χ0) is 17.9. The van der Waals surface area contributed by atoms with Gasteiger partial charge in [-0.1, -0.05) is 0 Å². The van der Waals surface area contributed by atoms with Crippen molar-refractivity contribution in [1.29, 1.82) is 0 Å². The summed E-state index contributed by atoms with van der Waals surface area (Å²) in [5.41, 5.74) is -0.392. The average Bonchev–Trinajstić information content (AvgIpc) is 2.43. The second-order valence-corrected chi connectivity index (χ2v) is 6.65. The minimum atomic E-state index is -0.560. The number of amides is 1. The highest BCUT2D eigenvalue weighted by molar-refractivity contribution is 5.89. The number of nitro groups is 1. The average molecular weight is 336 g/mol. The molecular weight excluding hydrogens is 316 g/mol. The molecule has 0 atom stereocenters. The van der Waals surface area contributed by atoms with Crippen LogP contribution in [-0.2, 0) is 9.47 Å². The fourth-order valence-electron chi connectivity index (χ4n) is 2.19. The molecule has 0 spiro atoms. The van der Waals surface area contributed by atoms with E-state index in [1.54, 1.807) is 20.8 Å². The van der Waals surface area contributed by atoms with Crippen molar-refractivity contribution in [2.45, 2.75) is 51.4 Å². The highest BCUT2D eigenvalue weighted by atomic mass is 16.6. The first kappa shape index (κ1) is 17.7. The Labute approximate surface area is 139 Å². The summed E-state index contributed by atoms with van der Waals surface area (Å²) in [6, 6.07) is 5.13. The second-order valence-electron chi connectivity index (χ2n) is 6.65. The van der Waals surface area contributed by atoms with Gasteiger partial charge in [0.2, 0.25) is 0 Å². The van der Waals surface area contributed by atoms with Crippen LogP contribution in [0, 0.1) is 10.1 Å². The second kappa shape index (κ2) is 6.86. The Hall–Kier alpha value is -2.64. The number of nitrogens with zero attached hydrogens (tertiary/aromatic N) is 1. The predicted octanol–water partition coefficient (Wildman–Crippen LogP) is 2.81. The lowest BCUT2D eigenvalue weighted by atomic mass is 9.89. The largest absolute Gasteiger partial charge is 0.459 e. The summed E-state index contributed by atoms with van der Waals surface area (Å²) in [6.45, 7) is 5.34. The van der Waals surface area contributed by atoms with Gasteiger partial charge in [0.25, 0.3) is 5.69 Å². The number of ether oxygens (including phenoxy) is 2. The van der Waals surface area contributed by atoms with Crippen LogP contribution in [0.25, 0.3) is 0 Å². The van der Waals surface area contributed by atoms with Gasteiger partial charge < -0.3 is 14.8 Å².